The number of aliphatic hydroxyl groups excluding tert-OH is 1. The van der Waals surface area contributed by atoms with Gasteiger partial charge in [-0.3, -0.25) is 9.80 Å². The summed E-state index contributed by atoms with van der Waals surface area (Å²) in [5, 5.41) is 10.6. The molecule has 1 saturated heterocycles. The van der Waals surface area contributed by atoms with E-state index >= 15 is 0 Å². The maximum Gasteiger partial charge on any atom is 0.0900 e. The van der Waals surface area contributed by atoms with Crippen LogP contribution in [0.25, 0.3) is 0 Å². The van der Waals surface area contributed by atoms with E-state index in [1.165, 1.54) is 16.7 Å². The quantitative estimate of drug-likeness (QED) is 0.371. The predicted octanol–water partition coefficient (Wildman–Crippen LogP) is 5.77. The number of β-amino-alcohol motifs (C(OH)–C–C–N with tert-alkyl or cyclic N) is 1. The van der Waals surface area contributed by atoms with E-state index < -0.39 is 6.10 Å². The summed E-state index contributed by atoms with van der Waals surface area (Å²) in [5.41, 5.74) is 3.84. The minimum atomic E-state index is -0.478. The minimum Gasteiger partial charge on any atom is -0.389 e. The fourth-order valence-corrected chi connectivity index (χ4v) is 4.78. The van der Waals surface area contributed by atoms with E-state index in [0.29, 0.717) is 13.2 Å². The number of hydrogen-bond donors (Lipinski definition) is 1. The number of piperazine rings is 1. The van der Waals surface area contributed by atoms with Crippen LogP contribution < -0.4 is 0 Å². The molecule has 0 spiro atoms. The van der Waals surface area contributed by atoms with Crippen LogP contribution in [0.3, 0.4) is 0 Å². The van der Waals surface area contributed by atoms with Gasteiger partial charge in [-0.2, -0.15) is 0 Å². The minimum absolute atomic E-state index is 0. The first-order valence-electron chi connectivity index (χ1n) is 12.2. The Morgan fingerprint density at radius 3 is 1.63 bits per heavy atom. The standard InChI is InChI=1S/C29H36N2O2.2ClH/c1-2-28(24-12-6-3-7-13-24)33-23-27(32)22-30-18-20-31(21-19-30)29(25-14-8-4-9-15-25)26-16-10-5-11-17-26;;/h3-17,27-29,32H,2,18-23H2,1H3;2*1H. The molecule has 0 bridgehead atoms. The molecule has 0 aromatic heterocycles. The van der Waals surface area contributed by atoms with Gasteiger partial charge < -0.3 is 9.84 Å². The topological polar surface area (TPSA) is 35.9 Å². The largest absolute Gasteiger partial charge is 0.389 e. The first-order chi connectivity index (χ1) is 16.2. The molecule has 6 heteroatoms. The van der Waals surface area contributed by atoms with Crippen LogP contribution in [0.5, 0.6) is 0 Å². The zero-order chi connectivity index (χ0) is 22.9. The zero-order valence-corrected chi connectivity index (χ0v) is 22.0. The van der Waals surface area contributed by atoms with Crippen LogP contribution in [-0.2, 0) is 4.74 Å². The van der Waals surface area contributed by atoms with Crippen molar-refractivity contribution in [2.45, 2.75) is 31.6 Å². The highest BCUT2D eigenvalue weighted by atomic mass is 35.5. The summed E-state index contributed by atoms with van der Waals surface area (Å²) in [6.45, 7) is 6.99. The first-order valence-corrected chi connectivity index (χ1v) is 12.2. The SMILES string of the molecule is CCC(OCC(O)CN1CCN(C(c2ccccc2)c2ccccc2)CC1)c1ccccc1.Cl.Cl. The Hall–Kier alpha value is -1.92. The van der Waals surface area contributed by atoms with E-state index in [1.807, 2.05) is 18.2 Å². The Bertz CT molecular complexity index is 899. The van der Waals surface area contributed by atoms with E-state index in [9.17, 15) is 5.11 Å². The van der Waals surface area contributed by atoms with Gasteiger partial charge in [0.25, 0.3) is 0 Å². The third kappa shape index (κ3) is 8.32. The highest BCUT2D eigenvalue weighted by Gasteiger charge is 2.27. The Balaban J connectivity index is 0.00000216. The molecule has 1 heterocycles. The van der Waals surface area contributed by atoms with E-state index in [1.54, 1.807) is 0 Å². The van der Waals surface area contributed by atoms with Crippen molar-refractivity contribution < 1.29 is 9.84 Å². The molecule has 4 nitrogen and oxygen atoms in total. The number of hydrogen-bond acceptors (Lipinski definition) is 4. The van der Waals surface area contributed by atoms with E-state index in [-0.39, 0.29) is 37.0 Å². The molecule has 4 rings (SSSR count). The predicted molar refractivity (Wildman–Crippen MR) is 149 cm³/mol. The molecule has 1 aliphatic rings. The normalized spacial score (nSPS) is 16.2. The van der Waals surface area contributed by atoms with Crippen molar-refractivity contribution in [1.82, 2.24) is 9.80 Å². The number of rotatable bonds is 10. The van der Waals surface area contributed by atoms with E-state index in [0.717, 1.165) is 32.6 Å². The molecule has 3 aromatic carbocycles. The summed E-state index contributed by atoms with van der Waals surface area (Å²) in [7, 11) is 0. The van der Waals surface area contributed by atoms with Gasteiger partial charge in [-0.15, -0.1) is 24.8 Å². The lowest BCUT2D eigenvalue weighted by Crippen LogP contribution is -2.50. The Labute approximate surface area is 222 Å². The van der Waals surface area contributed by atoms with Gasteiger partial charge in [0, 0.05) is 32.7 Å². The Kier molecular flexibility index (Phi) is 12.8. The molecular formula is C29H38Cl2N2O2. The van der Waals surface area contributed by atoms with Crippen molar-refractivity contribution in [3.05, 3.63) is 108 Å². The summed E-state index contributed by atoms with van der Waals surface area (Å²) in [4.78, 5) is 4.92. The van der Waals surface area contributed by atoms with Gasteiger partial charge in [-0.1, -0.05) is 97.9 Å². The number of halogens is 2. The first kappa shape index (κ1) is 29.3. The molecule has 1 N–H and O–H groups in total. The van der Waals surface area contributed by atoms with Gasteiger partial charge in [0.1, 0.15) is 0 Å². The van der Waals surface area contributed by atoms with Crippen molar-refractivity contribution in [2.24, 2.45) is 0 Å². The van der Waals surface area contributed by atoms with Crippen molar-refractivity contribution in [3.8, 4) is 0 Å². The molecule has 0 saturated carbocycles. The second-order valence-corrected chi connectivity index (χ2v) is 8.86. The lowest BCUT2D eigenvalue weighted by atomic mass is 9.96. The summed E-state index contributed by atoms with van der Waals surface area (Å²) in [5.74, 6) is 0. The third-order valence-electron chi connectivity index (χ3n) is 6.50. The molecule has 0 radical (unpaired) electrons. The molecular weight excluding hydrogens is 479 g/mol. The highest BCUT2D eigenvalue weighted by Crippen LogP contribution is 2.29. The van der Waals surface area contributed by atoms with Gasteiger partial charge in [0.05, 0.1) is 24.9 Å². The van der Waals surface area contributed by atoms with Crippen molar-refractivity contribution in [3.63, 3.8) is 0 Å². The maximum absolute atomic E-state index is 10.6. The number of aliphatic hydroxyl groups is 1. The van der Waals surface area contributed by atoms with Gasteiger partial charge >= 0.3 is 0 Å². The van der Waals surface area contributed by atoms with Crippen molar-refractivity contribution in [1.29, 1.82) is 0 Å². The van der Waals surface area contributed by atoms with Crippen LogP contribution >= 0.6 is 24.8 Å². The van der Waals surface area contributed by atoms with Crippen LogP contribution in [0.1, 0.15) is 42.2 Å². The summed E-state index contributed by atoms with van der Waals surface area (Å²) < 4.78 is 6.07. The van der Waals surface area contributed by atoms with Gasteiger partial charge in [0.15, 0.2) is 0 Å². The average Bonchev–Trinajstić information content (AvgIpc) is 2.88. The number of nitrogens with zero attached hydrogens (tertiary/aromatic N) is 2. The van der Waals surface area contributed by atoms with Crippen LogP contribution in [0.2, 0.25) is 0 Å². The lowest BCUT2D eigenvalue weighted by molar-refractivity contribution is -0.0291. The lowest BCUT2D eigenvalue weighted by Gasteiger charge is -2.40. The molecule has 190 valence electrons. The summed E-state index contributed by atoms with van der Waals surface area (Å²) in [6, 6.07) is 32.1. The van der Waals surface area contributed by atoms with Crippen LogP contribution in [0.15, 0.2) is 91.0 Å². The third-order valence-corrected chi connectivity index (χ3v) is 6.50. The van der Waals surface area contributed by atoms with Crippen LogP contribution in [0, 0.1) is 0 Å². The summed E-state index contributed by atoms with van der Waals surface area (Å²) in [6.07, 6.45) is 0.457. The molecule has 0 amide bonds. The molecule has 1 fully saturated rings. The molecule has 2 unspecified atom stereocenters. The second kappa shape index (κ2) is 15.2. The molecule has 0 aliphatic carbocycles. The van der Waals surface area contributed by atoms with E-state index in [2.05, 4.69) is 89.5 Å². The number of ether oxygens (including phenoxy) is 1. The molecule has 1 aliphatic heterocycles. The van der Waals surface area contributed by atoms with Gasteiger partial charge in [-0.25, -0.2) is 0 Å². The Morgan fingerprint density at radius 1 is 0.714 bits per heavy atom. The molecule has 35 heavy (non-hydrogen) atoms. The monoisotopic (exact) mass is 516 g/mol. The maximum atomic E-state index is 10.6. The Morgan fingerprint density at radius 2 is 1.17 bits per heavy atom. The van der Waals surface area contributed by atoms with E-state index in [4.69, 9.17) is 4.74 Å². The molecule has 3 aromatic rings. The van der Waals surface area contributed by atoms with Crippen LogP contribution in [0.4, 0.5) is 0 Å². The molecule has 2 atom stereocenters. The fraction of sp³-hybridized carbons (Fsp3) is 0.379. The van der Waals surface area contributed by atoms with Gasteiger partial charge in [0.2, 0.25) is 0 Å². The zero-order valence-electron chi connectivity index (χ0n) is 20.4. The summed E-state index contributed by atoms with van der Waals surface area (Å²) >= 11 is 0. The average molecular weight is 518 g/mol. The number of benzene rings is 3. The highest BCUT2D eigenvalue weighted by molar-refractivity contribution is 5.85. The van der Waals surface area contributed by atoms with Crippen molar-refractivity contribution in [2.75, 3.05) is 39.3 Å². The second-order valence-electron chi connectivity index (χ2n) is 8.86. The van der Waals surface area contributed by atoms with Crippen molar-refractivity contribution >= 4 is 24.8 Å². The fourth-order valence-electron chi connectivity index (χ4n) is 4.78. The van der Waals surface area contributed by atoms with Crippen LogP contribution in [-0.4, -0.2) is 60.3 Å². The van der Waals surface area contributed by atoms with Gasteiger partial charge in [-0.05, 0) is 23.1 Å². The smallest absolute Gasteiger partial charge is 0.0900 e.